The van der Waals surface area contributed by atoms with Crippen molar-refractivity contribution in [3.63, 3.8) is 0 Å². The predicted octanol–water partition coefficient (Wildman–Crippen LogP) is 2.27. The summed E-state index contributed by atoms with van der Waals surface area (Å²) in [5, 5.41) is 4.39. The van der Waals surface area contributed by atoms with Gasteiger partial charge in [0.15, 0.2) is 0 Å². The monoisotopic (exact) mass is 244 g/mol. The van der Waals surface area contributed by atoms with Crippen molar-refractivity contribution in [3.8, 4) is 0 Å². The highest BCUT2D eigenvalue weighted by atomic mass is 32.1. The second-order valence-corrected chi connectivity index (χ2v) is 4.13. The number of nitrogens with zero attached hydrogens (tertiary/aromatic N) is 2. The van der Waals surface area contributed by atoms with E-state index in [9.17, 15) is 4.79 Å². The van der Waals surface area contributed by atoms with Gasteiger partial charge in [-0.05, 0) is 23.7 Å². The second-order valence-electron chi connectivity index (χ2n) is 3.47. The van der Waals surface area contributed by atoms with Gasteiger partial charge in [-0.25, -0.2) is 9.36 Å². The third-order valence-electron chi connectivity index (χ3n) is 2.32. The van der Waals surface area contributed by atoms with Crippen molar-refractivity contribution in [2.75, 3.05) is 5.32 Å². The fraction of sp³-hybridized carbons (Fsp3) is 0. The average Bonchev–Trinajstić information content (AvgIpc) is 2.97. The zero-order valence-corrected chi connectivity index (χ0v) is 9.49. The smallest absolute Gasteiger partial charge is 0.260 e. The van der Waals surface area contributed by atoms with Crippen LogP contribution in [0.15, 0.2) is 35.8 Å². The molecule has 1 aromatic carbocycles. The molecule has 1 amide bonds. The Morgan fingerprint density at radius 1 is 1.35 bits per heavy atom. The minimum atomic E-state index is -0.210. The molecule has 3 rings (SSSR count). The van der Waals surface area contributed by atoms with Gasteiger partial charge in [-0.15, -0.1) is 0 Å². The summed E-state index contributed by atoms with van der Waals surface area (Å²) in [5.74, 6) is 0.236. The summed E-state index contributed by atoms with van der Waals surface area (Å²) in [4.78, 5) is 19.0. The highest BCUT2D eigenvalue weighted by molar-refractivity contribution is 7.03. The maximum atomic E-state index is 11.7. The maximum absolute atomic E-state index is 11.7. The first-order valence-corrected chi connectivity index (χ1v) is 5.82. The molecule has 5 nitrogen and oxygen atoms in total. The summed E-state index contributed by atoms with van der Waals surface area (Å²) in [6.45, 7) is 0. The van der Waals surface area contributed by atoms with Gasteiger partial charge in [0, 0.05) is 5.38 Å². The number of fused-ring (bicyclic) bond motifs is 1. The van der Waals surface area contributed by atoms with Crippen molar-refractivity contribution >= 4 is 34.4 Å². The van der Waals surface area contributed by atoms with Crippen LogP contribution in [0.5, 0.6) is 0 Å². The summed E-state index contributed by atoms with van der Waals surface area (Å²) in [5.41, 5.74) is 2.26. The number of benzene rings is 1. The highest BCUT2D eigenvalue weighted by Crippen LogP contribution is 2.14. The lowest BCUT2D eigenvalue weighted by Crippen LogP contribution is -2.11. The molecule has 0 fully saturated rings. The third kappa shape index (κ3) is 1.90. The molecule has 0 aliphatic heterocycles. The Kier molecular flexibility index (Phi) is 2.34. The van der Waals surface area contributed by atoms with E-state index in [2.05, 4.69) is 19.7 Å². The number of carbonyl (C=O) groups excluding carboxylic acids is 1. The van der Waals surface area contributed by atoms with E-state index in [4.69, 9.17) is 0 Å². The number of H-pyrrole nitrogens is 1. The highest BCUT2D eigenvalue weighted by Gasteiger charge is 2.09. The number of carbonyl (C=O) groups is 1. The van der Waals surface area contributed by atoms with Crippen LogP contribution in [0.4, 0.5) is 5.95 Å². The number of hydrogen-bond acceptors (Lipinski definition) is 4. The van der Waals surface area contributed by atoms with Gasteiger partial charge >= 0.3 is 0 Å². The molecule has 0 aliphatic carbocycles. The molecule has 17 heavy (non-hydrogen) atoms. The molecule has 84 valence electrons. The maximum Gasteiger partial charge on any atom is 0.260 e. The molecule has 0 radical (unpaired) electrons. The molecule has 0 atom stereocenters. The van der Waals surface area contributed by atoms with Crippen LogP contribution in [0, 0.1) is 0 Å². The van der Waals surface area contributed by atoms with Crippen molar-refractivity contribution in [1.82, 2.24) is 14.3 Å². The molecule has 2 N–H and O–H groups in total. The molecular formula is C11H8N4OS. The van der Waals surface area contributed by atoms with Crippen LogP contribution in [0.2, 0.25) is 0 Å². The molecule has 0 saturated carbocycles. The zero-order chi connectivity index (χ0) is 11.7. The van der Waals surface area contributed by atoms with E-state index in [0.29, 0.717) is 11.5 Å². The largest absolute Gasteiger partial charge is 0.324 e. The molecule has 6 heteroatoms. The average molecular weight is 244 g/mol. The predicted molar refractivity (Wildman–Crippen MR) is 66.2 cm³/mol. The van der Waals surface area contributed by atoms with E-state index in [1.165, 1.54) is 17.7 Å². The summed E-state index contributed by atoms with van der Waals surface area (Å²) < 4.78 is 3.88. The quantitative estimate of drug-likeness (QED) is 0.726. The number of nitrogens with one attached hydrogen (secondary N) is 2. The van der Waals surface area contributed by atoms with Gasteiger partial charge < -0.3 is 4.98 Å². The van der Waals surface area contributed by atoms with Crippen LogP contribution in [0.25, 0.3) is 11.0 Å². The Hall–Kier alpha value is -2.21. The Balaban J connectivity index is 1.88. The first-order chi connectivity index (χ1) is 8.33. The Bertz CT molecular complexity index is 626. The van der Waals surface area contributed by atoms with Crippen molar-refractivity contribution in [2.45, 2.75) is 0 Å². The standard InChI is InChI=1S/C11H8N4OS/c16-10(7-5-12-17-6-7)15-11-13-8-3-1-2-4-9(8)14-11/h1-6H,(H2,13,14,15,16). The first kappa shape index (κ1) is 9.98. The molecule has 0 bridgehead atoms. The van der Waals surface area contributed by atoms with Gasteiger partial charge in [0.1, 0.15) is 0 Å². The van der Waals surface area contributed by atoms with Crippen molar-refractivity contribution in [3.05, 3.63) is 41.4 Å². The number of hydrogen-bond donors (Lipinski definition) is 2. The number of aromatic amines is 1. The summed E-state index contributed by atoms with van der Waals surface area (Å²) in [6.07, 6.45) is 1.53. The van der Waals surface area contributed by atoms with Gasteiger partial charge in [0.05, 0.1) is 22.8 Å². The minimum absolute atomic E-state index is 0.210. The lowest BCUT2D eigenvalue weighted by Gasteiger charge is -1.97. The zero-order valence-electron chi connectivity index (χ0n) is 8.68. The number of imidazole rings is 1. The Morgan fingerprint density at radius 3 is 3.00 bits per heavy atom. The van der Waals surface area contributed by atoms with Crippen LogP contribution in [0.3, 0.4) is 0 Å². The van der Waals surface area contributed by atoms with Gasteiger partial charge in [-0.1, -0.05) is 12.1 Å². The van der Waals surface area contributed by atoms with Crippen LogP contribution in [-0.4, -0.2) is 20.2 Å². The number of amides is 1. The summed E-state index contributed by atoms with van der Waals surface area (Å²) >= 11 is 1.24. The van der Waals surface area contributed by atoms with E-state index in [0.717, 1.165) is 11.0 Å². The molecule has 3 aromatic rings. The molecular weight excluding hydrogens is 236 g/mol. The molecule has 0 spiro atoms. The summed E-state index contributed by atoms with van der Waals surface area (Å²) in [6, 6.07) is 7.60. The number of aromatic nitrogens is 3. The van der Waals surface area contributed by atoms with Gasteiger partial charge in [0.2, 0.25) is 5.95 Å². The van der Waals surface area contributed by atoms with Crippen LogP contribution < -0.4 is 5.32 Å². The Labute approximate surface area is 101 Å². The molecule has 0 aliphatic rings. The van der Waals surface area contributed by atoms with E-state index >= 15 is 0 Å². The lowest BCUT2D eigenvalue weighted by atomic mass is 10.3. The van der Waals surface area contributed by atoms with E-state index in [1.807, 2.05) is 24.3 Å². The van der Waals surface area contributed by atoms with Crippen LogP contribution >= 0.6 is 11.5 Å². The minimum Gasteiger partial charge on any atom is -0.324 e. The Morgan fingerprint density at radius 2 is 2.24 bits per heavy atom. The van der Waals surface area contributed by atoms with Gasteiger partial charge in [-0.2, -0.15) is 0 Å². The second kappa shape index (κ2) is 3.99. The van der Waals surface area contributed by atoms with Crippen molar-refractivity contribution < 1.29 is 4.79 Å². The first-order valence-electron chi connectivity index (χ1n) is 4.98. The molecule has 2 aromatic heterocycles. The normalized spacial score (nSPS) is 10.6. The third-order valence-corrected chi connectivity index (χ3v) is 2.90. The van der Waals surface area contributed by atoms with Gasteiger partial charge in [-0.3, -0.25) is 10.1 Å². The summed E-state index contributed by atoms with van der Waals surface area (Å²) in [7, 11) is 0. The van der Waals surface area contributed by atoms with E-state index < -0.39 is 0 Å². The molecule has 0 saturated heterocycles. The van der Waals surface area contributed by atoms with Crippen LogP contribution in [-0.2, 0) is 0 Å². The van der Waals surface area contributed by atoms with E-state index in [-0.39, 0.29) is 5.91 Å². The van der Waals surface area contributed by atoms with Crippen molar-refractivity contribution in [2.24, 2.45) is 0 Å². The SMILES string of the molecule is O=C(Nc1nc2ccccc2[nH]1)c1cnsc1. The number of para-hydroxylation sites is 2. The fourth-order valence-electron chi connectivity index (χ4n) is 1.51. The fourth-order valence-corrected chi connectivity index (χ4v) is 2.03. The van der Waals surface area contributed by atoms with Gasteiger partial charge in [0.25, 0.3) is 5.91 Å². The van der Waals surface area contributed by atoms with Crippen molar-refractivity contribution in [1.29, 1.82) is 0 Å². The lowest BCUT2D eigenvalue weighted by molar-refractivity contribution is 0.102. The molecule has 0 unspecified atom stereocenters. The molecule has 2 heterocycles. The number of anilines is 1. The van der Waals surface area contributed by atoms with E-state index in [1.54, 1.807) is 5.38 Å². The van der Waals surface area contributed by atoms with Crippen LogP contribution in [0.1, 0.15) is 10.4 Å². The number of rotatable bonds is 2. The topological polar surface area (TPSA) is 70.7 Å².